The van der Waals surface area contributed by atoms with Gasteiger partial charge in [-0.15, -0.1) is 0 Å². The molecule has 1 saturated heterocycles. The number of benzene rings is 2. The smallest absolute Gasteiger partial charge is 0.254 e. The maximum absolute atomic E-state index is 12.7. The van der Waals surface area contributed by atoms with E-state index in [2.05, 4.69) is 15.0 Å². The molecular weight excluding hydrogens is 530 g/mol. The maximum Gasteiger partial charge on any atom is 0.254 e. The van der Waals surface area contributed by atoms with Crippen LogP contribution < -0.4 is 16.4 Å². The predicted octanol–water partition coefficient (Wildman–Crippen LogP) is -1.06. The zero-order valence-corrected chi connectivity index (χ0v) is 21.6. The molecule has 14 heteroatoms. The zero-order chi connectivity index (χ0) is 28.3. The summed E-state index contributed by atoms with van der Waals surface area (Å²) in [5.41, 5.74) is 13.9. The van der Waals surface area contributed by atoms with E-state index in [9.17, 15) is 25.2 Å². The molecule has 13 nitrogen and oxygen atoms in total. The van der Waals surface area contributed by atoms with Crippen LogP contribution in [-0.2, 0) is 4.79 Å². The average Bonchev–Trinajstić information content (AvgIpc) is 2.94. The van der Waals surface area contributed by atoms with E-state index in [-0.39, 0.29) is 25.0 Å². The second-order valence-electron chi connectivity index (χ2n) is 9.11. The number of aliphatic hydroxyl groups is 5. The molecule has 1 aliphatic rings. The van der Waals surface area contributed by atoms with Gasteiger partial charge >= 0.3 is 0 Å². The van der Waals surface area contributed by atoms with Crippen LogP contribution >= 0.6 is 11.6 Å². The molecule has 4 atom stereocenters. The summed E-state index contributed by atoms with van der Waals surface area (Å²) in [6.07, 6.45) is -7.47. The molecule has 208 valence electrons. The van der Waals surface area contributed by atoms with Crippen molar-refractivity contribution in [2.45, 2.75) is 24.4 Å². The van der Waals surface area contributed by atoms with Crippen molar-refractivity contribution in [2.75, 3.05) is 37.7 Å². The first-order valence-electron chi connectivity index (χ1n) is 12.1. The van der Waals surface area contributed by atoms with Gasteiger partial charge in [-0.2, -0.15) is 4.99 Å². The number of nitrogens with two attached hydrogens (primary N) is 2. The third-order valence-electron chi connectivity index (χ3n) is 6.46. The number of aliphatic imine (C=N–C) groups is 1. The van der Waals surface area contributed by atoms with Crippen molar-refractivity contribution in [1.82, 2.24) is 14.9 Å². The van der Waals surface area contributed by atoms with Crippen molar-refractivity contribution in [3.63, 3.8) is 0 Å². The minimum Gasteiger partial charge on any atom is -0.394 e. The molecule has 0 spiro atoms. The molecular formula is C25H30ClN7O6. The topological polar surface area (TPSA) is 215 Å². The molecule has 4 unspecified atom stereocenters. The Labute approximate surface area is 228 Å². The number of carbonyl (C=O) groups is 1. The molecule has 1 amide bonds. The highest BCUT2D eigenvalue weighted by Crippen LogP contribution is 2.32. The Morgan fingerprint density at radius 3 is 2.38 bits per heavy atom. The minimum atomic E-state index is -1.95. The van der Waals surface area contributed by atoms with E-state index < -0.39 is 36.9 Å². The predicted molar refractivity (Wildman–Crippen MR) is 145 cm³/mol. The van der Waals surface area contributed by atoms with Crippen LogP contribution in [0.15, 0.2) is 47.5 Å². The van der Waals surface area contributed by atoms with Crippen LogP contribution in [0.5, 0.6) is 0 Å². The van der Waals surface area contributed by atoms with Gasteiger partial charge in [-0.3, -0.25) is 4.79 Å². The zero-order valence-electron chi connectivity index (χ0n) is 20.8. The van der Waals surface area contributed by atoms with E-state index in [1.807, 2.05) is 29.2 Å². The van der Waals surface area contributed by atoms with Gasteiger partial charge in [0.1, 0.15) is 18.3 Å². The number of piperazine rings is 1. The largest absolute Gasteiger partial charge is 0.394 e. The van der Waals surface area contributed by atoms with Crippen LogP contribution in [0, 0.1) is 0 Å². The number of hydrogen-bond acceptors (Lipinski definition) is 10. The Morgan fingerprint density at radius 2 is 1.72 bits per heavy atom. The van der Waals surface area contributed by atoms with Gasteiger partial charge in [0.15, 0.2) is 12.1 Å². The number of anilines is 1. The average molecular weight is 560 g/mol. The van der Waals surface area contributed by atoms with E-state index in [1.54, 1.807) is 18.2 Å². The van der Waals surface area contributed by atoms with Crippen LogP contribution in [-0.4, -0.2) is 109 Å². The van der Waals surface area contributed by atoms with Gasteiger partial charge in [0.05, 0.1) is 17.8 Å². The maximum atomic E-state index is 12.7. The molecule has 3 aromatic rings. The third kappa shape index (κ3) is 6.36. The number of guanidine groups is 1. The summed E-state index contributed by atoms with van der Waals surface area (Å²) in [6, 6.07) is 12.8. The number of nitrogens with zero attached hydrogens (tertiary/aromatic N) is 5. The summed E-state index contributed by atoms with van der Waals surface area (Å²) in [5, 5.41) is 49.8. The number of rotatable bonds is 8. The molecule has 4 rings (SSSR count). The minimum absolute atomic E-state index is 0.106. The summed E-state index contributed by atoms with van der Waals surface area (Å²) in [7, 11) is 0. The van der Waals surface area contributed by atoms with E-state index in [1.165, 1.54) is 4.90 Å². The van der Waals surface area contributed by atoms with E-state index in [0.29, 0.717) is 34.7 Å². The number of fused-ring (bicyclic) bond motifs is 1. The lowest BCUT2D eigenvalue weighted by Crippen LogP contribution is -2.56. The lowest BCUT2D eigenvalue weighted by molar-refractivity contribution is -0.158. The van der Waals surface area contributed by atoms with Crippen molar-refractivity contribution in [3.05, 3.63) is 47.5 Å². The van der Waals surface area contributed by atoms with Crippen LogP contribution in [0.25, 0.3) is 22.2 Å². The van der Waals surface area contributed by atoms with Gasteiger partial charge in [-0.25, -0.2) is 9.97 Å². The Morgan fingerprint density at radius 1 is 1.00 bits per heavy atom. The van der Waals surface area contributed by atoms with Crippen LogP contribution in [0.4, 0.5) is 11.6 Å². The lowest BCUT2D eigenvalue weighted by Gasteiger charge is -2.38. The van der Waals surface area contributed by atoms with Gasteiger partial charge < -0.3 is 46.8 Å². The molecule has 1 aromatic heterocycles. The molecule has 0 bridgehead atoms. The van der Waals surface area contributed by atoms with Crippen LogP contribution in [0.2, 0.25) is 5.02 Å². The van der Waals surface area contributed by atoms with Gasteiger partial charge in [-0.1, -0.05) is 23.7 Å². The standard InChI is InChI=1S/C25H30ClN7O6/c26-14-4-5-17-16(11-14)19(30-25(29-17)31-24(27)28)13-2-1-3-15(10-13)32-6-8-33(9-7-32)23(39)22(38)21(37)20(36)18(35)12-34/h1-5,10-11,18,20-22,34-38H,6-9,12H2,(H4,27,28,29,30,31). The fourth-order valence-corrected chi connectivity index (χ4v) is 4.54. The second-order valence-corrected chi connectivity index (χ2v) is 9.55. The normalized spacial score (nSPS) is 17.0. The van der Waals surface area contributed by atoms with E-state index in [0.717, 1.165) is 11.3 Å². The highest BCUT2D eigenvalue weighted by Gasteiger charge is 2.37. The molecule has 2 aromatic carbocycles. The molecule has 9 N–H and O–H groups in total. The Kier molecular flexibility index (Phi) is 8.80. The molecule has 1 aliphatic heterocycles. The third-order valence-corrected chi connectivity index (χ3v) is 6.69. The number of aromatic nitrogens is 2. The fraction of sp³-hybridized carbons (Fsp3) is 0.360. The lowest BCUT2D eigenvalue weighted by atomic mass is 10.0. The second kappa shape index (κ2) is 12.1. The SMILES string of the molecule is NC(N)=Nc1nc(-c2cccc(N3CCN(C(=O)C(O)C(O)C(O)C(O)CO)CC3)c2)c2cc(Cl)ccc2n1. The number of amides is 1. The van der Waals surface area contributed by atoms with Gasteiger partial charge in [0, 0.05) is 47.8 Å². The highest BCUT2D eigenvalue weighted by molar-refractivity contribution is 6.31. The monoisotopic (exact) mass is 559 g/mol. The van der Waals surface area contributed by atoms with Crippen molar-refractivity contribution in [3.8, 4) is 11.3 Å². The molecule has 2 heterocycles. The first-order valence-corrected chi connectivity index (χ1v) is 12.5. The Balaban J connectivity index is 1.53. The number of halogens is 1. The van der Waals surface area contributed by atoms with Crippen LogP contribution in [0.1, 0.15) is 0 Å². The Bertz CT molecular complexity index is 1360. The Hall–Kier alpha value is -3.59. The number of aliphatic hydroxyl groups excluding tert-OH is 5. The van der Waals surface area contributed by atoms with Crippen molar-refractivity contribution in [2.24, 2.45) is 16.5 Å². The quantitative estimate of drug-likeness (QED) is 0.130. The van der Waals surface area contributed by atoms with Gasteiger partial charge in [0.2, 0.25) is 0 Å². The summed E-state index contributed by atoms with van der Waals surface area (Å²) in [4.78, 5) is 29.0. The van der Waals surface area contributed by atoms with Gasteiger partial charge in [-0.05, 0) is 30.3 Å². The highest BCUT2D eigenvalue weighted by atomic mass is 35.5. The number of hydrogen-bond donors (Lipinski definition) is 7. The molecule has 0 saturated carbocycles. The first kappa shape index (κ1) is 28.4. The van der Waals surface area contributed by atoms with Crippen molar-refractivity contribution < 1.29 is 30.3 Å². The fourth-order valence-electron chi connectivity index (χ4n) is 4.36. The van der Waals surface area contributed by atoms with Crippen LogP contribution in [0.3, 0.4) is 0 Å². The van der Waals surface area contributed by atoms with Crippen molar-refractivity contribution in [1.29, 1.82) is 0 Å². The summed E-state index contributed by atoms with van der Waals surface area (Å²) >= 11 is 6.24. The number of carbonyl (C=O) groups excluding carboxylic acids is 1. The first-order chi connectivity index (χ1) is 18.6. The summed E-state index contributed by atoms with van der Waals surface area (Å²) < 4.78 is 0. The van der Waals surface area contributed by atoms with E-state index in [4.69, 9.17) is 28.2 Å². The van der Waals surface area contributed by atoms with Crippen molar-refractivity contribution >= 4 is 46.0 Å². The molecule has 39 heavy (non-hydrogen) atoms. The molecule has 0 aliphatic carbocycles. The summed E-state index contributed by atoms with van der Waals surface area (Å²) in [5.74, 6) is -0.849. The summed E-state index contributed by atoms with van der Waals surface area (Å²) in [6.45, 7) is 0.507. The molecule has 0 radical (unpaired) electrons. The van der Waals surface area contributed by atoms with E-state index >= 15 is 0 Å². The van der Waals surface area contributed by atoms with Gasteiger partial charge in [0.25, 0.3) is 11.9 Å². The molecule has 1 fully saturated rings.